The van der Waals surface area contributed by atoms with Gasteiger partial charge in [-0.3, -0.25) is 14.2 Å². The van der Waals surface area contributed by atoms with E-state index in [9.17, 15) is 19.2 Å². The minimum atomic E-state index is -0.715. The molecule has 14 heteroatoms. The molecule has 1 unspecified atom stereocenters. The largest absolute Gasteiger partial charge is 0.496 e. The quantitative estimate of drug-likeness (QED) is 0.141. The first-order chi connectivity index (χ1) is 22.1. The average molecular weight is 666 g/mol. The maximum atomic E-state index is 13.5. The molecule has 1 atom stereocenters. The molecule has 0 fully saturated rings. The van der Waals surface area contributed by atoms with Gasteiger partial charge in [0, 0.05) is 5.69 Å². The molecule has 2 amide bonds. The third kappa shape index (κ3) is 7.74. The predicted molar refractivity (Wildman–Crippen MR) is 175 cm³/mol. The summed E-state index contributed by atoms with van der Waals surface area (Å²) < 4.78 is 17.4. The van der Waals surface area contributed by atoms with Crippen molar-refractivity contribution in [2.24, 2.45) is 0 Å². The van der Waals surface area contributed by atoms with E-state index in [0.29, 0.717) is 27.9 Å². The Morgan fingerprint density at radius 2 is 1.70 bits per heavy atom. The van der Waals surface area contributed by atoms with Crippen LogP contribution < -0.4 is 15.4 Å². The summed E-state index contributed by atoms with van der Waals surface area (Å²) in [7, 11) is 1.50. The molecule has 2 aromatic carbocycles. The fourth-order valence-electron chi connectivity index (χ4n) is 4.47. The van der Waals surface area contributed by atoms with Crippen molar-refractivity contribution >= 4 is 51.9 Å². The molecule has 2 aromatic heterocycles. The number of para-hydroxylation sites is 1. The van der Waals surface area contributed by atoms with Crippen molar-refractivity contribution in [1.82, 2.24) is 20.1 Å². The van der Waals surface area contributed by atoms with E-state index in [1.54, 1.807) is 56.5 Å². The summed E-state index contributed by atoms with van der Waals surface area (Å²) in [5.74, 6) is -1.13. The Balaban J connectivity index is 1.59. The lowest BCUT2D eigenvalue weighted by Gasteiger charge is -2.15. The molecule has 0 spiro atoms. The van der Waals surface area contributed by atoms with Crippen molar-refractivity contribution in [2.45, 2.75) is 51.6 Å². The second-order valence-electron chi connectivity index (χ2n) is 9.91. The molecule has 0 saturated heterocycles. The van der Waals surface area contributed by atoms with Gasteiger partial charge in [-0.15, -0.1) is 21.5 Å². The van der Waals surface area contributed by atoms with Gasteiger partial charge in [0.2, 0.25) is 5.91 Å². The lowest BCUT2D eigenvalue weighted by molar-refractivity contribution is -0.115. The number of hydrogen-bond acceptors (Lipinski definition) is 11. The highest BCUT2D eigenvalue weighted by Crippen LogP contribution is 2.35. The lowest BCUT2D eigenvalue weighted by Crippen LogP contribution is -2.25. The summed E-state index contributed by atoms with van der Waals surface area (Å²) in [4.78, 5) is 52.0. The van der Waals surface area contributed by atoms with Gasteiger partial charge < -0.3 is 24.8 Å². The van der Waals surface area contributed by atoms with Crippen molar-refractivity contribution in [1.29, 1.82) is 0 Å². The second kappa shape index (κ2) is 15.5. The van der Waals surface area contributed by atoms with Crippen LogP contribution in [0.1, 0.15) is 68.1 Å². The van der Waals surface area contributed by atoms with Crippen LogP contribution in [0.5, 0.6) is 5.75 Å². The van der Waals surface area contributed by atoms with E-state index in [0.717, 1.165) is 34.3 Å². The zero-order chi connectivity index (χ0) is 33.4. The molecule has 0 aliphatic heterocycles. The zero-order valence-corrected chi connectivity index (χ0v) is 28.0. The van der Waals surface area contributed by atoms with E-state index in [2.05, 4.69) is 20.8 Å². The van der Waals surface area contributed by atoms with Gasteiger partial charge in [0.05, 0.1) is 43.2 Å². The molecule has 0 radical (unpaired) electrons. The van der Waals surface area contributed by atoms with Crippen molar-refractivity contribution in [3.05, 3.63) is 81.5 Å². The minimum absolute atomic E-state index is 0.0486. The Morgan fingerprint density at radius 1 is 0.978 bits per heavy atom. The lowest BCUT2D eigenvalue weighted by atomic mass is 10.1. The Kier molecular flexibility index (Phi) is 11.6. The van der Waals surface area contributed by atoms with Crippen LogP contribution in [-0.2, 0) is 20.8 Å². The van der Waals surface area contributed by atoms with Crippen molar-refractivity contribution < 1.29 is 33.4 Å². The molecule has 242 valence electrons. The summed E-state index contributed by atoms with van der Waals surface area (Å²) in [6.07, 6.45) is 0. The normalized spacial score (nSPS) is 11.4. The van der Waals surface area contributed by atoms with Crippen LogP contribution in [0.15, 0.2) is 53.7 Å². The highest BCUT2D eigenvalue weighted by molar-refractivity contribution is 8.00. The molecule has 4 rings (SSSR count). The number of rotatable bonds is 13. The van der Waals surface area contributed by atoms with Gasteiger partial charge in [0.15, 0.2) is 11.0 Å². The monoisotopic (exact) mass is 665 g/mol. The van der Waals surface area contributed by atoms with Crippen LogP contribution in [0.4, 0.5) is 5.00 Å². The molecular weight excluding hydrogens is 631 g/mol. The Labute approximate surface area is 274 Å². The predicted octanol–water partition coefficient (Wildman–Crippen LogP) is 5.36. The fraction of sp³-hybridized carbons (Fsp3) is 0.312. The first-order valence-corrected chi connectivity index (χ1v) is 16.2. The molecule has 0 bridgehead atoms. The fourth-order valence-corrected chi connectivity index (χ4v) is 6.45. The molecule has 0 aliphatic carbocycles. The van der Waals surface area contributed by atoms with Crippen LogP contribution in [0.2, 0.25) is 0 Å². The van der Waals surface area contributed by atoms with Gasteiger partial charge in [0.1, 0.15) is 15.6 Å². The number of ether oxygens (including phenoxy) is 3. The van der Waals surface area contributed by atoms with E-state index < -0.39 is 23.1 Å². The third-order valence-electron chi connectivity index (χ3n) is 6.69. The van der Waals surface area contributed by atoms with E-state index in [1.807, 2.05) is 31.2 Å². The van der Waals surface area contributed by atoms with Gasteiger partial charge in [0.25, 0.3) is 5.91 Å². The summed E-state index contributed by atoms with van der Waals surface area (Å²) in [5, 5.41) is 14.3. The molecule has 12 nitrogen and oxygen atoms in total. The number of methoxy groups -OCH3 is 1. The number of carbonyl (C=O) groups is 4. The summed E-state index contributed by atoms with van der Waals surface area (Å²) in [6.45, 7) is 8.94. The Bertz CT molecular complexity index is 1750. The summed E-state index contributed by atoms with van der Waals surface area (Å²) in [5.41, 5.74) is 2.60. The number of hydrogen-bond donors (Lipinski definition) is 2. The van der Waals surface area contributed by atoms with E-state index >= 15 is 0 Å². The van der Waals surface area contributed by atoms with Crippen LogP contribution in [-0.4, -0.2) is 64.1 Å². The van der Waals surface area contributed by atoms with Crippen molar-refractivity contribution in [3.8, 4) is 11.4 Å². The molecule has 0 aliphatic rings. The molecule has 0 saturated carbocycles. The Hall–Kier alpha value is -4.69. The number of amides is 2. The van der Waals surface area contributed by atoms with E-state index in [4.69, 9.17) is 14.2 Å². The summed E-state index contributed by atoms with van der Waals surface area (Å²) in [6, 6.07) is 14.6. The molecular formula is C32H35N5O7S2. The Morgan fingerprint density at radius 3 is 2.39 bits per heavy atom. The van der Waals surface area contributed by atoms with Crippen LogP contribution in [0.25, 0.3) is 5.69 Å². The number of aryl methyl sites for hydroxylation is 1. The van der Waals surface area contributed by atoms with Gasteiger partial charge >= 0.3 is 11.9 Å². The van der Waals surface area contributed by atoms with Crippen LogP contribution in [0.3, 0.4) is 0 Å². The first-order valence-electron chi connectivity index (χ1n) is 14.5. The van der Waals surface area contributed by atoms with Crippen LogP contribution in [0, 0.1) is 13.8 Å². The summed E-state index contributed by atoms with van der Waals surface area (Å²) >= 11 is 2.10. The molecule has 2 heterocycles. The highest BCUT2D eigenvalue weighted by Gasteiger charge is 2.29. The highest BCUT2D eigenvalue weighted by atomic mass is 32.2. The van der Waals surface area contributed by atoms with E-state index in [-0.39, 0.29) is 41.1 Å². The minimum Gasteiger partial charge on any atom is -0.496 e. The van der Waals surface area contributed by atoms with Crippen molar-refractivity contribution in [3.63, 3.8) is 0 Å². The average Bonchev–Trinajstić information content (AvgIpc) is 3.59. The number of thioether (sulfide) groups is 1. The second-order valence-corrected chi connectivity index (χ2v) is 12.2. The smallest absolute Gasteiger partial charge is 0.348 e. The molecule has 46 heavy (non-hydrogen) atoms. The topological polar surface area (TPSA) is 151 Å². The number of nitrogens with zero attached hydrogens (tertiary/aromatic N) is 3. The van der Waals surface area contributed by atoms with Crippen LogP contribution >= 0.6 is 23.1 Å². The maximum Gasteiger partial charge on any atom is 0.348 e. The van der Waals surface area contributed by atoms with Gasteiger partial charge in [-0.2, -0.15) is 0 Å². The number of aromatic nitrogens is 3. The van der Waals surface area contributed by atoms with Crippen molar-refractivity contribution in [2.75, 3.05) is 25.6 Å². The number of anilines is 1. The van der Waals surface area contributed by atoms with E-state index in [1.165, 1.54) is 7.11 Å². The van der Waals surface area contributed by atoms with Gasteiger partial charge in [-0.25, -0.2) is 9.59 Å². The van der Waals surface area contributed by atoms with Gasteiger partial charge in [-0.05, 0) is 70.0 Å². The number of nitrogens with one attached hydrogen (secondary N) is 2. The molecule has 4 aromatic rings. The third-order valence-corrected chi connectivity index (χ3v) is 8.92. The maximum absolute atomic E-state index is 13.5. The SMILES string of the molecule is CCOC(=O)c1sc(NC(=O)C(C)Sc2nnc(CNC(=O)c3ccccc3OC)n2-c2cccc(C)c2)c(C(=O)OCC)c1C. The first kappa shape index (κ1) is 34.2. The standard InChI is InChI=1S/C32H35N5O7S2/c1-7-43-30(40)25-19(4)26(31(41)44-8-2)46-29(25)34-27(38)20(5)45-32-36-35-24(37(32)21-13-11-12-18(3)16-21)17-33-28(39)22-14-9-10-15-23(22)42-6/h9-16,20H,7-8,17H2,1-6H3,(H,33,39)(H,34,38). The zero-order valence-electron chi connectivity index (χ0n) is 26.3. The number of benzene rings is 2. The number of thiophene rings is 1. The number of esters is 2. The van der Waals surface area contributed by atoms with Gasteiger partial charge in [-0.1, -0.05) is 36.0 Å². The molecule has 2 N–H and O–H groups in total. The number of carbonyl (C=O) groups excluding carboxylic acids is 4.